The van der Waals surface area contributed by atoms with Gasteiger partial charge in [-0.2, -0.15) is 0 Å². The second-order valence-corrected chi connectivity index (χ2v) is 8.19. The monoisotopic (exact) mass is 428 g/mol. The molecule has 0 radical (unpaired) electrons. The number of rotatable bonds is 6. The molecule has 6 nitrogen and oxygen atoms in total. The van der Waals surface area contributed by atoms with Gasteiger partial charge in [0.05, 0.1) is 0 Å². The molecule has 1 aliphatic rings. The van der Waals surface area contributed by atoms with Gasteiger partial charge in [0.2, 0.25) is 11.8 Å². The fourth-order valence-electron chi connectivity index (χ4n) is 4.09. The molecule has 2 amide bonds. The molecule has 1 aliphatic heterocycles. The van der Waals surface area contributed by atoms with E-state index in [0.717, 1.165) is 16.8 Å². The number of aromatic nitrogens is 1. The van der Waals surface area contributed by atoms with Gasteiger partial charge in [0.25, 0.3) is 0 Å². The number of likely N-dealkylation sites (tertiary alicyclic amines) is 1. The first-order chi connectivity index (χ1) is 15.6. The van der Waals surface area contributed by atoms with Crippen molar-refractivity contribution in [1.29, 1.82) is 0 Å². The smallest absolute Gasteiger partial charge is 0.246 e. The number of nitrogens with one attached hydrogen (secondary N) is 2. The number of hydrogen-bond donors (Lipinski definition) is 2. The number of piperidine rings is 1. The summed E-state index contributed by atoms with van der Waals surface area (Å²) in [6, 6.07) is 22.7. The number of para-hydroxylation sites is 1. The van der Waals surface area contributed by atoms with Crippen molar-refractivity contribution in [1.82, 2.24) is 9.88 Å². The summed E-state index contributed by atoms with van der Waals surface area (Å²) in [4.78, 5) is 32.4. The van der Waals surface area contributed by atoms with E-state index in [1.54, 1.807) is 6.20 Å². The van der Waals surface area contributed by atoms with E-state index in [0.29, 0.717) is 31.7 Å². The molecule has 32 heavy (non-hydrogen) atoms. The summed E-state index contributed by atoms with van der Waals surface area (Å²) in [7, 11) is 0. The largest absolute Gasteiger partial charge is 0.324 e. The predicted molar refractivity (Wildman–Crippen MR) is 126 cm³/mol. The molecule has 2 aromatic carbocycles. The van der Waals surface area contributed by atoms with Crippen molar-refractivity contribution in [2.75, 3.05) is 23.7 Å². The number of carbonyl (C=O) groups excluding carboxylic acids is 2. The Morgan fingerprint density at radius 1 is 0.906 bits per heavy atom. The number of hydrogen-bond acceptors (Lipinski definition) is 4. The highest BCUT2D eigenvalue weighted by Crippen LogP contribution is 2.29. The first-order valence-corrected chi connectivity index (χ1v) is 11.0. The second-order valence-electron chi connectivity index (χ2n) is 8.19. The van der Waals surface area contributed by atoms with Crippen molar-refractivity contribution in [3.63, 3.8) is 0 Å². The summed E-state index contributed by atoms with van der Waals surface area (Å²) in [5, 5.41) is 5.96. The normalized spacial score (nSPS) is 15.7. The lowest BCUT2D eigenvalue weighted by Crippen LogP contribution is -2.44. The molecule has 1 atom stereocenters. The highest BCUT2D eigenvalue weighted by Gasteiger charge is 2.33. The average molecular weight is 429 g/mol. The van der Waals surface area contributed by atoms with Gasteiger partial charge >= 0.3 is 0 Å². The molecular weight excluding hydrogens is 400 g/mol. The molecule has 4 rings (SSSR count). The van der Waals surface area contributed by atoms with Crippen LogP contribution in [0.25, 0.3) is 0 Å². The minimum Gasteiger partial charge on any atom is -0.324 e. The summed E-state index contributed by atoms with van der Waals surface area (Å²) in [6.45, 7) is 3.30. The number of aryl methyl sites for hydroxylation is 1. The molecule has 6 heteroatoms. The topological polar surface area (TPSA) is 74.3 Å². The number of nitrogens with zero attached hydrogens (tertiary/aromatic N) is 2. The van der Waals surface area contributed by atoms with Gasteiger partial charge in [0, 0.05) is 17.8 Å². The van der Waals surface area contributed by atoms with Crippen LogP contribution in [0.2, 0.25) is 0 Å². The summed E-state index contributed by atoms with van der Waals surface area (Å²) in [6.07, 6.45) is 3.13. The quantitative estimate of drug-likeness (QED) is 0.610. The van der Waals surface area contributed by atoms with Crippen molar-refractivity contribution in [3.8, 4) is 0 Å². The summed E-state index contributed by atoms with van der Waals surface area (Å²) in [5.41, 5.74) is 2.78. The van der Waals surface area contributed by atoms with Gasteiger partial charge in [-0.15, -0.1) is 0 Å². The average Bonchev–Trinajstić information content (AvgIpc) is 2.82. The molecule has 1 fully saturated rings. The minimum absolute atomic E-state index is 0.00833. The Morgan fingerprint density at radius 2 is 1.56 bits per heavy atom. The van der Waals surface area contributed by atoms with Crippen LogP contribution in [-0.4, -0.2) is 34.8 Å². The van der Waals surface area contributed by atoms with E-state index in [-0.39, 0.29) is 17.7 Å². The Kier molecular flexibility index (Phi) is 6.92. The molecular formula is C26H28N4O2. The molecule has 1 aromatic heterocycles. The van der Waals surface area contributed by atoms with Gasteiger partial charge in [0.1, 0.15) is 11.9 Å². The van der Waals surface area contributed by atoms with E-state index in [9.17, 15) is 9.59 Å². The van der Waals surface area contributed by atoms with Crippen LogP contribution in [0, 0.1) is 12.8 Å². The maximum absolute atomic E-state index is 13.3. The number of anilines is 2. The van der Waals surface area contributed by atoms with Gasteiger partial charge < -0.3 is 10.6 Å². The Bertz CT molecular complexity index is 1030. The summed E-state index contributed by atoms with van der Waals surface area (Å²) < 4.78 is 0. The Hall–Kier alpha value is -3.51. The maximum atomic E-state index is 13.3. The first kappa shape index (κ1) is 21.7. The van der Waals surface area contributed by atoms with Crippen LogP contribution >= 0.6 is 0 Å². The third kappa shape index (κ3) is 5.39. The predicted octanol–water partition coefficient (Wildman–Crippen LogP) is 4.42. The fourth-order valence-corrected chi connectivity index (χ4v) is 4.09. The van der Waals surface area contributed by atoms with Crippen LogP contribution < -0.4 is 10.6 Å². The first-order valence-electron chi connectivity index (χ1n) is 11.0. The minimum atomic E-state index is -0.404. The van der Waals surface area contributed by atoms with Crippen molar-refractivity contribution < 1.29 is 9.59 Å². The van der Waals surface area contributed by atoms with E-state index >= 15 is 0 Å². The van der Waals surface area contributed by atoms with Gasteiger partial charge in [-0.1, -0.05) is 54.6 Å². The highest BCUT2D eigenvalue weighted by atomic mass is 16.2. The van der Waals surface area contributed by atoms with Crippen LogP contribution in [0.4, 0.5) is 11.5 Å². The van der Waals surface area contributed by atoms with E-state index in [4.69, 9.17) is 0 Å². The lowest BCUT2D eigenvalue weighted by Gasteiger charge is -2.36. The lowest BCUT2D eigenvalue weighted by molar-refractivity contribution is -0.124. The standard InChI is InChI=1S/C26H28N4O2/c1-19-12-13-23(27-18-19)29-25(31)21-14-16-30(17-15-21)24(20-8-4-2-5-9-20)26(32)28-22-10-6-3-7-11-22/h2-13,18,21,24H,14-17H2,1H3,(H,28,32)(H,27,29,31). The van der Waals surface area contributed by atoms with Gasteiger partial charge in [-0.25, -0.2) is 4.98 Å². The zero-order chi connectivity index (χ0) is 22.3. The number of pyridine rings is 1. The van der Waals surface area contributed by atoms with Crippen molar-refractivity contribution in [2.45, 2.75) is 25.8 Å². The number of benzene rings is 2. The molecule has 0 spiro atoms. The molecule has 0 bridgehead atoms. The zero-order valence-corrected chi connectivity index (χ0v) is 18.2. The van der Waals surface area contributed by atoms with Crippen LogP contribution in [0.3, 0.4) is 0 Å². The van der Waals surface area contributed by atoms with E-state index in [2.05, 4.69) is 20.5 Å². The second kappa shape index (κ2) is 10.2. The van der Waals surface area contributed by atoms with Crippen molar-refractivity contribution in [3.05, 3.63) is 90.1 Å². The summed E-state index contributed by atoms with van der Waals surface area (Å²) in [5.74, 6) is 0.413. The van der Waals surface area contributed by atoms with Crippen LogP contribution in [0.5, 0.6) is 0 Å². The van der Waals surface area contributed by atoms with Gasteiger partial charge in [-0.05, 0) is 62.2 Å². The summed E-state index contributed by atoms with van der Waals surface area (Å²) >= 11 is 0. The van der Waals surface area contributed by atoms with Crippen molar-refractivity contribution in [2.24, 2.45) is 5.92 Å². The maximum Gasteiger partial charge on any atom is 0.246 e. The Labute approximate surface area is 188 Å². The molecule has 1 unspecified atom stereocenters. The number of carbonyl (C=O) groups is 2. The van der Waals surface area contributed by atoms with Gasteiger partial charge in [-0.3, -0.25) is 14.5 Å². The fraction of sp³-hybridized carbons (Fsp3) is 0.269. The third-order valence-corrected chi connectivity index (χ3v) is 5.83. The molecule has 2 heterocycles. The molecule has 0 saturated carbocycles. The SMILES string of the molecule is Cc1ccc(NC(=O)C2CCN(C(C(=O)Nc3ccccc3)c3ccccc3)CC2)nc1. The van der Waals surface area contributed by atoms with Crippen molar-refractivity contribution >= 4 is 23.3 Å². The molecule has 164 valence electrons. The highest BCUT2D eigenvalue weighted by molar-refractivity contribution is 5.95. The molecule has 2 N–H and O–H groups in total. The molecule has 1 saturated heterocycles. The molecule has 0 aliphatic carbocycles. The Balaban J connectivity index is 1.42. The van der Waals surface area contributed by atoms with E-state index in [1.807, 2.05) is 79.7 Å². The molecule has 3 aromatic rings. The Morgan fingerprint density at radius 3 is 2.19 bits per heavy atom. The number of amides is 2. The van der Waals surface area contributed by atoms with E-state index in [1.165, 1.54) is 0 Å². The third-order valence-electron chi connectivity index (χ3n) is 5.83. The van der Waals surface area contributed by atoms with Crippen LogP contribution in [-0.2, 0) is 9.59 Å². The van der Waals surface area contributed by atoms with Crippen LogP contribution in [0.1, 0.15) is 30.0 Å². The lowest BCUT2D eigenvalue weighted by atomic mass is 9.93. The van der Waals surface area contributed by atoms with Gasteiger partial charge in [0.15, 0.2) is 0 Å². The van der Waals surface area contributed by atoms with Crippen LogP contribution in [0.15, 0.2) is 79.0 Å². The zero-order valence-electron chi connectivity index (χ0n) is 18.2. The van der Waals surface area contributed by atoms with E-state index < -0.39 is 6.04 Å².